The second-order valence-corrected chi connectivity index (χ2v) is 4.45. The fourth-order valence-electron chi connectivity index (χ4n) is 2.11. The molecule has 5 heteroatoms. The van der Waals surface area contributed by atoms with Crippen molar-refractivity contribution in [3.8, 4) is 28.8 Å². The molecule has 0 bridgehead atoms. The highest BCUT2D eigenvalue weighted by Gasteiger charge is 2.12. The van der Waals surface area contributed by atoms with Gasteiger partial charge in [-0.15, -0.1) is 0 Å². The molecule has 1 N–H and O–H groups in total. The maximum absolute atomic E-state index is 13.1. The number of nitrogens with zero attached hydrogens (tertiary/aromatic N) is 3. The molecular weight excluding hydrogens is 269 g/mol. The zero-order valence-corrected chi connectivity index (χ0v) is 10.9. The molecule has 0 radical (unpaired) electrons. The van der Waals surface area contributed by atoms with Gasteiger partial charge in [0.05, 0.1) is 29.2 Å². The zero-order valence-electron chi connectivity index (χ0n) is 10.9. The number of hydrogen-bond acceptors (Lipinski definition) is 3. The first-order valence-corrected chi connectivity index (χ1v) is 6.22. The summed E-state index contributed by atoms with van der Waals surface area (Å²) in [5, 5.41) is 22.9. The van der Waals surface area contributed by atoms with Crippen LogP contribution in [0.1, 0.15) is 5.56 Å². The molecule has 0 amide bonds. The molecule has 0 fully saturated rings. The highest BCUT2D eigenvalue weighted by Crippen LogP contribution is 2.30. The van der Waals surface area contributed by atoms with Crippen LogP contribution in [0.3, 0.4) is 0 Å². The van der Waals surface area contributed by atoms with E-state index in [1.807, 2.05) is 6.07 Å². The van der Waals surface area contributed by atoms with Gasteiger partial charge >= 0.3 is 0 Å². The van der Waals surface area contributed by atoms with Crippen LogP contribution in [-0.4, -0.2) is 14.9 Å². The average Bonchev–Trinajstić information content (AvgIpc) is 2.96. The van der Waals surface area contributed by atoms with Crippen molar-refractivity contribution in [2.24, 2.45) is 0 Å². The van der Waals surface area contributed by atoms with E-state index in [1.54, 1.807) is 41.2 Å². The number of halogens is 1. The Labute approximate surface area is 120 Å². The van der Waals surface area contributed by atoms with E-state index in [0.29, 0.717) is 16.8 Å². The van der Waals surface area contributed by atoms with E-state index in [4.69, 9.17) is 5.26 Å². The van der Waals surface area contributed by atoms with Gasteiger partial charge in [-0.2, -0.15) is 10.4 Å². The smallest absolute Gasteiger partial charge is 0.127 e. The van der Waals surface area contributed by atoms with Crippen LogP contribution < -0.4 is 0 Å². The van der Waals surface area contributed by atoms with Gasteiger partial charge in [-0.1, -0.05) is 0 Å². The van der Waals surface area contributed by atoms with Crippen molar-refractivity contribution in [3.05, 3.63) is 66.1 Å². The van der Waals surface area contributed by atoms with Crippen LogP contribution in [0.15, 0.2) is 54.7 Å². The molecule has 2 aromatic carbocycles. The number of rotatable bonds is 2. The molecule has 0 aliphatic carbocycles. The van der Waals surface area contributed by atoms with Crippen molar-refractivity contribution in [2.45, 2.75) is 0 Å². The largest absolute Gasteiger partial charge is 0.507 e. The highest BCUT2D eigenvalue weighted by molar-refractivity contribution is 5.68. The molecule has 102 valence electrons. The molecular formula is C16H10FN3O. The van der Waals surface area contributed by atoms with Crippen molar-refractivity contribution in [2.75, 3.05) is 0 Å². The Hall–Kier alpha value is -3.13. The van der Waals surface area contributed by atoms with Crippen LogP contribution in [0.5, 0.6) is 5.75 Å². The first-order chi connectivity index (χ1) is 10.2. The minimum Gasteiger partial charge on any atom is -0.507 e. The van der Waals surface area contributed by atoms with Crippen LogP contribution in [0.25, 0.3) is 16.9 Å². The average molecular weight is 279 g/mol. The second kappa shape index (κ2) is 5.10. The summed E-state index contributed by atoms with van der Waals surface area (Å²) >= 11 is 0. The summed E-state index contributed by atoms with van der Waals surface area (Å²) in [6, 6.07) is 14.5. The molecule has 0 spiro atoms. The van der Waals surface area contributed by atoms with Crippen LogP contribution >= 0.6 is 0 Å². The maximum atomic E-state index is 13.1. The van der Waals surface area contributed by atoms with Crippen LogP contribution in [0.4, 0.5) is 4.39 Å². The first kappa shape index (κ1) is 12.9. The third-order valence-electron chi connectivity index (χ3n) is 3.12. The van der Waals surface area contributed by atoms with Crippen LogP contribution in [-0.2, 0) is 0 Å². The molecule has 0 saturated heterocycles. The number of hydrogen-bond donors (Lipinski definition) is 1. The fourth-order valence-corrected chi connectivity index (χ4v) is 2.11. The SMILES string of the molecule is N#Cc1ccc(-n2nccc2-c2ccc(F)cc2O)cc1. The van der Waals surface area contributed by atoms with Gasteiger partial charge in [0.2, 0.25) is 0 Å². The normalized spacial score (nSPS) is 10.3. The monoisotopic (exact) mass is 279 g/mol. The molecule has 0 aliphatic heterocycles. The summed E-state index contributed by atoms with van der Waals surface area (Å²) in [5.74, 6) is -0.647. The molecule has 4 nitrogen and oxygen atoms in total. The number of benzene rings is 2. The van der Waals surface area contributed by atoms with E-state index in [9.17, 15) is 9.50 Å². The summed E-state index contributed by atoms with van der Waals surface area (Å²) in [6.45, 7) is 0. The summed E-state index contributed by atoms with van der Waals surface area (Å²) < 4.78 is 14.7. The van der Waals surface area contributed by atoms with E-state index < -0.39 is 5.82 Å². The Balaban J connectivity index is 2.10. The quantitative estimate of drug-likeness (QED) is 0.783. The minimum atomic E-state index is -0.499. The van der Waals surface area contributed by atoms with Crippen molar-refractivity contribution < 1.29 is 9.50 Å². The van der Waals surface area contributed by atoms with E-state index in [1.165, 1.54) is 12.1 Å². The van der Waals surface area contributed by atoms with Crippen LogP contribution in [0, 0.1) is 17.1 Å². The standard InChI is InChI=1S/C16H10FN3O/c17-12-3-6-14(16(21)9-12)15-7-8-19-20(15)13-4-1-11(10-18)2-5-13/h1-9,21H. The summed E-state index contributed by atoms with van der Waals surface area (Å²) in [5.41, 5.74) is 2.42. The molecule has 0 aliphatic rings. The summed E-state index contributed by atoms with van der Waals surface area (Å²) in [6.07, 6.45) is 1.59. The third-order valence-corrected chi connectivity index (χ3v) is 3.12. The van der Waals surface area contributed by atoms with Crippen molar-refractivity contribution >= 4 is 0 Å². The Morgan fingerprint density at radius 3 is 2.52 bits per heavy atom. The number of aromatic hydroxyl groups is 1. The summed E-state index contributed by atoms with van der Waals surface area (Å²) in [4.78, 5) is 0. The number of phenols is 1. The van der Waals surface area contributed by atoms with Gasteiger partial charge in [0.1, 0.15) is 11.6 Å². The molecule has 1 aromatic heterocycles. The Kier molecular flexibility index (Phi) is 3.13. The third kappa shape index (κ3) is 2.35. The molecule has 0 atom stereocenters. The lowest BCUT2D eigenvalue weighted by Gasteiger charge is -2.09. The molecule has 0 saturated carbocycles. The predicted octanol–water partition coefficient (Wildman–Crippen LogP) is 3.26. The Morgan fingerprint density at radius 2 is 1.86 bits per heavy atom. The van der Waals surface area contributed by atoms with Crippen molar-refractivity contribution in [1.29, 1.82) is 5.26 Å². The predicted molar refractivity (Wildman–Crippen MR) is 75.3 cm³/mol. The van der Waals surface area contributed by atoms with Gasteiger partial charge < -0.3 is 5.11 Å². The van der Waals surface area contributed by atoms with E-state index in [2.05, 4.69) is 5.10 Å². The van der Waals surface area contributed by atoms with Gasteiger partial charge in [-0.25, -0.2) is 9.07 Å². The molecule has 21 heavy (non-hydrogen) atoms. The van der Waals surface area contributed by atoms with Crippen molar-refractivity contribution in [3.63, 3.8) is 0 Å². The van der Waals surface area contributed by atoms with Gasteiger partial charge in [-0.3, -0.25) is 0 Å². The minimum absolute atomic E-state index is 0.148. The lowest BCUT2D eigenvalue weighted by Crippen LogP contribution is -1.99. The molecule has 3 rings (SSSR count). The number of phenolic OH excluding ortho intramolecular Hbond substituents is 1. The molecule has 3 aromatic rings. The topological polar surface area (TPSA) is 61.8 Å². The molecule has 1 heterocycles. The lowest BCUT2D eigenvalue weighted by molar-refractivity contribution is 0.470. The van der Waals surface area contributed by atoms with Crippen LogP contribution in [0.2, 0.25) is 0 Å². The fraction of sp³-hybridized carbons (Fsp3) is 0. The Bertz CT molecular complexity index is 831. The van der Waals surface area contributed by atoms with Gasteiger partial charge in [0, 0.05) is 11.6 Å². The molecule has 0 unspecified atom stereocenters. The van der Waals surface area contributed by atoms with Crippen molar-refractivity contribution in [1.82, 2.24) is 9.78 Å². The van der Waals surface area contributed by atoms with Gasteiger partial charge in [0.15, 0.2) is 0 Å². The lowest BCUT2D eigenvalue weighted by atomic mass is 10.1. The van der Waals surface area contributed by atoms with E-state index in [-0.39, 0.29) is 5.75 Å². The highest BCUT2D eigenvalue weighted by atomic mass is 19.1. The zero-order chi connectivity index (χ0) is 14.8. The van der Waals surface area contributed by atoms with E-state index in [0.717, 1.165) is 11.8 Å². The Morgan fingerprint density at radius 1 is 1.10 bits per heavy atom. The van der Waals surface area contributed by atoms with E-state index >= 15 is 0 Å². The van der Waals surface area contributed by atoms with Gasteiger partial charge in [0.25, 0.3) is 0 Å². The summed E-state index contributed by atoms with van der Waals surface area (Å²) in [7, 11) is 0. The second-order valence-electron chi connectivity index (χ2n) is 4.45. The maximum Gasteiger partial charge on any atom is 0.127 e. The number of nitriles is 1. The van der Waals surface area contributed by atoms with Gasteiger partial charge in [-0.05, 0) is 42.5 Å². The number of aromatic nitrogens is 2. The first-order valence-electron chi connectivity index (χ1n) is 6.22.